The smallest absolute Gasteiger partial charge is 0.326 e. The lowest BCUT2D eigenvalue weighted by Crippen LogP contribution is -2.34. The number of carboxylic acid groups (broad SMARTS) is 2. The van der Waals surface area contributed by atoms with Crippen LogP contribution in [0.2, 0.25) is 0 Å². The molecule has 8 heteroatoms. The molecule has 3 rings (SSSR count). The van der Waals surface area contributed by atoms with Gasteiger partial charge in [-0.2, -0.15) is 0 Å². The van der Waals surface area contributed by atoms with Gasteiger partial charge in [0, 0.05) is 10.8 Å². The Morgan fingerprint density at radius 1 is 1.36 bits per heavy atom. The SMILES string of the molecule is CCC(C(=O)O)n1c(C(C)C)nc2sc3c(c2c1=O)C(C(=O)O)CC3. The summed E-state index contributed by atoms with van der Waals surface area (Å²) in [6.07, 6.45) is 1.32. The van der Waals surface area contributed by atoms with Crippen LogP contribution in [0.25, 0.3) is 10.2 Å². The summed E-state index contributed by atoms with van der Waals surface area (Å²) in [7, 11) is 0. The lowest BCUT2D eigenvalue weighted by Gasteiger charge is -2.20. The average Bonchev–Trinajstić information content (AvgIpc) is 3.07. The normalized spacial score (nSPS) is 17.8. The van der Waals surface area contributed by atoms with Gasteiger partial charge in [-0.3, -0.25) is 14.2 Å². The molecule has 0 aliphatic heterocycles. The Kier molecular flexibility index (Phi) is 4.40. The Labute approximate surface area is 147 Å². The van der Waals surface area contributed by atoms with E-state index in [-0.39, 0.29) is 17.7 Å². The van der Waals surface area contributed by atoms with E-state index in [0.717, 1.165) is 4.88 Å². The molecule has 0 radical (unpaired) electrons. The highest BCUT2D eigenvalue weighted by Gasteiger charge is 2.36. The van der Waals surface area contributed by atoms with E-state index >= 15 is 0 Å². The monoisotopic (exact) mass is 364 g/mol. The molecule has 25 heavy (non-hydrogen) atoms. The van der Waals surface area contributed by atoms with Gasteiger partial charge >= 0.3 is 11.9 Å². The molecule has 134 valence electrons. The number of aliphatic carboxylic acids is 2. The maximum atomic E-state index is 13.2. The van der Waals surface area contributed by atoms with Crippen molar-refractivity contribution in [3.05, 3.63) is 26.6 Å². The third kappa shape index (κ3) is 2.64. The molecule has 7 nitrogen and oxygen atoms in total. The first-order valence-corrected chi connectivity index (χ1v) is 9.12. The Bertz CT molecular complexity index is 927. The van der Waals surface area contributed by atoms with Crippen molar-refractivity contribution in [2.45, 2.75) is 57.9 Å². The minimum absolute atomic E-state index is 0.127. The second kappa shape index (κ2) is 6.25. The number of carboxylic acids is 2. The third-order valence-corrected chi connectivity index (χ3v) is 5.86. The molecule has 0 saturated heterocycles. The maximum absolute atomic E-state index is 13.2. The van der Waals surface area contributed by atoms with E-state index in [0.29, 0.717) is 29.1 Å². The quantitative estimate of drug-likeness (QED) is 0.844. The first-order valence-electron chi connectivity index (χ1n) is 8.31. The maximum Gasteiger partial charge on any atom is 0.326 e. The van der Waals surface area contributed by atoms with Crippen molar-refractivity contribution in [1.82, 2.24) is 9.55 Å². The first kappa shape index (κ1) is 17.6. The van der Waals surface area contributed by atoms with Crippen molar-refractivity contribution in [2.24, 2.45) is 0 Å². The molecule has 0 spiro atoms. The van der Waals surface area contributed by atoms with Crippen LogP contribution < -0.4 is 5.56 Å². The van der Waals surface area contributed by atoms with Crippen LogP contribution in [0, 0.1) is 0 Å². The summed E-state index contributed by atoms with van der Waals surface area (Å²) < 4.78 is 1.25. The lowest BCUT2D eigenvalue weighted by molar-refractivity contribution is -0.141. The van der Waals surface area contributed by atoms with Crippen LogP contribution in [0.4, 0.5) is 0 Å². The molecule has 0 aromatic carbocycles. The highest BCUT2D eigenvalue weighted by Crippen LogP contribution is 2.42. The van der Waals surface area contributed by atoms with Gasteiger partial charge in [0.15, 0.2) is 0 Å². The molecule has 2 atom stereocenters. The first-order chi connectivity index (χ1) is 11.8. The van der Waals surface area contributed by atoms with E-state index in [1.165, 1.54) is 15.9 Å². The van der Waals surface area contributed by atoms with Crippen molar-refractivity contribution in [3.63, 3.8) is 0 Å². The van der Waals surface area contributed by atoms with Gasteiger partial charge in [-0.25, -0.2) is 9.78 Å². The van der Waals surface area contributed by atoms with E-state index in [1.54, 1.807) is 6.92 Å². The number of nitrogens with zero attached hydrogens (tertiary/aromatic N) is 2. The fourth-order valence-electron chi connectivity index (χ4n) is 3.54. The molecule has 2 N–H and O–H groups in total. The molecule has 0 bridgehead atoms. The molecule has 2 unspecified atom stereocenters. The van der Waals surface area contributed by atoms with Crippen LogP contribution in [0.3, 0.4) is 0 Å². The van der Waals surface area contributed by atoms with E-state index in [4.69, 9.17) is 0 Å². The second-order valence-electron chi connectivity index (χ2n) is 6.61. The minimum atomic E-state index is -1.09. The highest BCUT2D eigenvalue weighted by atomic mass is 32.1. The third-order valence-electron chi connectivity index (χ3n) is 4.71. The van der Waals surface area contributed by atoms with Crippen LogP contribution in [0.1, 0.15) is 67.8 Å². The van der Waals surface area contributed by atoms with Crippen molar-refractivity contribution >= 4 is 33.5 Å². The minimum Gasteiger partial charge on any atom is -0.481 e. The number of rotatable bonds is 5. The highest BCUT2D eigenvalue weighted by molar-refractivity contribution is 7.18. The van der Waals surface area contributed by atoms with Gasteiger partial charge in [-0.1, -0.05) is 20.8 Å². The topological polar surface area (TPSA) is 109 Å². The zero-order valence-corrected chi connectivity index (χ0v) is 15.1. The second-order valence-corrected chi connectivity index (χ2v) is 7.69. The summed E-state index contributed by atoms with van der Waals surface area (Å²) in [5, 5.41) is 19.3. The summed E-state index contributed by atoms with van der Waals surface area (Å²) in [4.78, 5) is 42.4. The Hall–Kier alpha value is -2.22. The Morgan fingerprint density at radius 3 is 2.56 bits per heavy atom. The van der Waals surface area contributed by atoms with Crippen LogP contribution in [0.15, 0.2) is 4.79 Å². The standard InChI is InChI=1S/C17H20N2O5S/c1-4-9(17(23)24)19-13(7(2)3)18-14-12(15(19)20)11-8(16(21)22)5-6-10(11)25-14/h7-9H,4-6H2,1-3H3,(H,21,22)(H,23,24). The van der Waals surface area contributed by atoms with Gasteiger partial charge in [0.25, 0.3) is 5.56 Å². The fourth-order valence-corrected chi connectivity index (χ4v) is 4.79. The zero-order valence-electron chi connectivity index (χ0n) is 14.3. The molecular weight excluding hydrogens is 344 g/mol. The number of aryl methyl sites for hydroxylation is 1. The fraction of sp³-hybridized carbons (Fsp3) is 0.529. The number of aromatic nitrogens is 2. The largest absolute Gasteiger partial charge is 0.481 e. The van der Waals surface area contributed by atoms with E-state index in [9.17, 15) is 24.6 Å². The summed E-state index contributed by atoms with van der Waals surface area (Å²) >= 11 is 1.35. The van der Waals surface area contributed by atoms with Gasteiger partial charge in [0.2, 0.25) is 0 Å². The number of thiophene rings is 1. The van der Waals surface area contributed by atoms with Crippen molar-refractivity contribution < 1.29 is 19.8 Å². The zero-order chi connectivity index (χ0) is 18.5. The van der Waals surface area contributed by atoms with E-state index in [2.05, 4.69) is 4.98 Å². The number of carbonyl (C=O) groups is 2. The van der Waals surface area contributed by atoms with E-state index < -0.39 is 29.5 Å². The number of hydrogen-bond acceptors (Lipinski definition) is 5. The molecule has 0 saturated carbocycles. The Morgan fingerprint density at radius 2 is 2.04 bits per heavy atom. The number of hydrogen-bond donors (Lipinski definition) is 2. The van der Waals surface area contributed by atoms with Gasteiger partial charge in [-0.05, 0) is 24.8 Å². The lowest BCUT2D eigenvalue weighted by atomic mass is 10.0. The van der Waals surface area contributed by atoms with E-state index in [1.807, 2.05) is 13.8 Å². The summed E-state index contributed by atoms with van der Waals surface area (Å²) in [5.74, 6) is -2.46. The van der Waals surface area contributed by atoms with Crippen LogP contribution in [0.5, 0.6) is 0 Å². The van der Waals surface area contributed by atoms with Crippen LogP contribution in [-0.4, -0.2) is 31.7 Å². The average molecular weight is 364 g/mol. The summed E-state index contributed by atoms with van der Waals surface area (Å²) in [6, 6.07) is -1.01. The number of fused-ring (bicyclic) bond motifs is 3. The molecular formula is C17H20N2O5S. The van der Waals surface area contributed by atoms with Gasteiger partial charge in [0.05, 0.1) is 11.3 Å². The predicted molar refractivity (Wildman–Crippen MR) is 93.6 cm³/mol. The molecule has 1 aliphatic carbocycles. The molecule has 0 fully saturated rings. The Balaban J connectivity index is 2.39. The summed E-state index contributed by atoms with van der Waals surface area (Å²) in [5.41, 5.74) is 0.0999. The molecule has 2 heterocycles. The molecule has 0 amide bonds. The van der Waals surface area contributed by atoms with Gasteiger partial charge in [-0.15, -0.1) is 11.3 Å². The van der Waals surface area contributed by atoms with Crippen molar-refractivity contribution in [2.75, 3.05) is 0 Å². The predicted octanol–water partition coefficient (Wildman–Crippen LogP) is 2.73. The van der Waals surface area contributed by atoms with Crippen LogP contribution in [-0.2, 0) is 16.0 Å². The van der Waals surface area contributed by atoms with Gasteiger partial charge < -0.3 is 10.2 Å². The molecule has 2 aromatic rings. The summed E-state index contributed by atoms with van der Waals surface area (Å²) in [6.45, 7) is 5.43. The van der Waals surface area contributed by atoms with Gasteiger partial charge in [0.1, 0.15) is 16.7 Å². The van der Waals surface area contributed by atoms with Crippen molar-refractivity contribution in [1.29, 1.82) is 0 Å². The van der Waals surface area contributed by atoms with Crippen LogP contribution >= 0.6 is 11.3 Å². The van der Waals surface area contributed by atoms with Crippen molar-refractivity contribution in [3.8, 4) is 0 Å². The molecule has 2 aromatic heterocycles. The molecule has 1 aliphatic rings.